The van der Waals surface area contributed by atoms with Crippen molar-refractivity contribution in [1.29, 1.82) is 0 Å². The van der Waals surface area contributed by atoms with Crippen molar-refractivity contribution < 1.29 is 14.3 Å². The minimum Gasteiger partial charge on any atom is -0.484 e. The van der Waals surface area contributed by atoms with E-state index in [0.717, 1.165) is 16.9 Å². The molecule has 1 aliphatic rings. The Morgan fingerprint density at radius 3 is 2.70 bits per heavy atom. The van der Waals surface area contributed by atoms with Crippen molar-refractivity contribution in [3.05, 3.63) is 65.7 Å². The molecular weight excluding hydrogens is 290 g/mol. The monoisotopic (exact) mass is 311 g/mol. The number of para-hydroxylation sites is 1. The molecule has 0 N–H and O–H groups in total. The molecule has 0 saturated carbocycles. The number of rotatable bonds is 4. The van der Waals surface area contributed by atoms with Gasteiger partial charge >= 0.3 is 0 Å². The van der Waals surface area contributed by atoms with E-state index < -0.39 is 0 Å². The van der Waals surface area contributed by atoms with Crippen molar-refractivity contribution in [2.75, 3.05) is 26.3 Å². The fourth-order valence-corrected chi connectivity index (χ4v) is 2.69. The van der Waals surface area contributed by atoms with E-state index in [2.05, 4.69) is 0 Å². The summed E-state index contributed by atoms with van der Waals surface area (Å²) in [5.41, 5.74) is 2.13. The molecule has 23 heavy (non-hydrogen) atoms. The Bertz CT molecular complexity index is 657. The number of ether oxygens (including phenoxy) is 2. The van der Waals surface area contributed by atoms with Gasteiger partial charge in [-0.15, -0.1) is 0 Å². The molecule has 4 heteroatoms. The van der Waals surface area contributed by atoms with Gasteiger partial charge in [0.1, 0.15) is 11.9 Å². The summed E-state index contributed by atoms with van der Waals surface area (Å²) in [6, 6.07) is 17.7. The molecule has 2 aromatic rings. The molecule has 0 aromatic heterocycles. The molecule has 3 rings (SSSR count). The van der Waals surface area contributed by atoms with E-state index in [1.54, 1.807) is 0 Å². The highest BCUT2D eigenvalue weighted by Crippen LogP contribution is 2.22. The topological polar surface area (TPSA) is 38.8 Å². The number of carbonyl (C=O) groups is 1. The molecule has 4 nitrogen and oxygen atoms in total. The minimum atomic E-state index is -0.0626. The average Bonchev–Trinajstić information content (AvgIpc) is 2.62. The average molecular weight is 311 g/mol. The minimum absolute atomic E-state index is 0.00233. The summed E-state index contributed by atoms with van der Waals surface area (Å²) in [5.74, 6) is 0.756. The molecule has 1 amide bonds. The largest absolute Gasteiger partial charge is 0.484 e. The first-order chi connectivity index (χ1) is 11.2. The molecule has 2 aromatic carbocycles. The van der Waals surface area contributed by atoms with E-state index in [-0.39, 0.29) is 18.6 Å². The smallest absolute Gasteiger partial charge is 0.260 e. The molecule has 1 saturated heterocycles. The summed E-state index contributed by atoms with van der Waals surface area (Å²) in [7, 11) is 0. The molecule has 1 heterocycles. The first-order valence-corrected chi connectivity index (χ1v) is 7.87. The lowest BCUT2D eigenvalue weighted by Crippen LogP contribution is -2.44. The van der Waals surface area contributed by atoms with Gasteiger partial charge in [-0.05, 0) is 24.1 Å². The molecule has 0 unspecified atom stereocenters. The lowest BCUT2D eigenvalue weighted by Gasteiger charge is -2.33. The highest BCUT2D eigenvalue weighted by Gasteiger charge is 2.25. The van der Waals surface area contributed by atoms with Crippen molar-refractivity contribution in [1.82, 2.24) is 4.90 Å². The van der Waals surface area contributed by atoms with E-state index in [9.17, 15) is 4.79 Å². The van der Waals surface area contributed by atoms with Gasteiger partial charge in [0.05, 0.1) is 13.2 Å². The number of aryl methyl sites for hydroxylation is 1. The van der Waals surface area contributed by atoms with Crippen LogP contribution in [-0.4, -0.2) is 37.1 Å². The zero-order valence-corrected chi connectivity index (χ0v) is 13.3. The predicted molar refractivity (Wildman–Crippen MR) is 88.4 cm³/mol. The van der Waals surface area contributed by atoms with E-state index in [0.29, 0.717) is 19.7 Å². The third-order valence-electron chi connectivity index (χ3n) is 4.04. The summed E-state index contributed by atoms with van der Waals surface area (Å²) in [6.45, 7) is 3.77. The lowest BCUT2D eigenvalue weighted by molar-refractivity contribution is -0.141. The van der Waals surface area contributed by atoms with Crippen LogP contribution in [0.25, 0.3) is 0 Å². The van der Waals surface area contributed by atoms with Crippen molar-refractivity contribution >= 4 is 5.91 Å². The maximum absolute atomic E-state index is 12.4. The predicted octanol–water partition coefficient (Wildman–Crippen LogP) is 2.97. The molecule has 0 spiro atoms. The van der Waals surface area contributed by atoms with Crippen LogP contribution in [0.4, 0.5) is 0 Å². The van der Waals surface area contributed by atoms with Gasteiger partial charge in [0, 0.05) is 6.54 Å². The summed E-state index contributed by atoms with van der Waals surface area (Å²) >= 11 is 0. The molecule has 0 radical (unpaired) electrons. The fraction of sp³-hybridized carbons (Fsp3) is 0.316. The van der Waals surface area contributed by atoms with E-state index in [4.69, 9.17) is 9.47 Å². The number of carbonyl (C=O) groups excluding carboxylic acids is 1. The molecule has 120 valence electrons. The van der Waals surface area contributed by atoms with Crippen LogP contribution in [0, 0.1) is 6.92 Å². The highest BCUT2D eigenvalue weighted by atomic mass is 16.5. The normalized spacial score (nSPS) is 17.8. The number of hydrogen-bond donors (Lipinski definition) is 0. The van der Waals surface area contributed by atoms with Crippen LogP contribution >= 0.6 is 0 Å². The Morgan fingerprint density at radius 2 is 1.91 bits per heavy atom. The first-order valence-electron chi connectivity index (χ1n) is 7.87. The van der Waals surface area contributed by atoms with Gasteiger partial charge in [0.15, 0.2) is 6.61 Å². The van der Waals surface area contributed by atoms with Crippen LogP contribution < -0.4 is 4.74 Å². The molecule has 1 atom stereocenters. The second-order valence-corrected chi connectivity index (χ2v) is 5.66. The Balaban J connectivity index is 1.58. The van der Waals surface area contributed by atoms with Crippen LogP contribution in [0.1, 0.15) is 17.2 Å². The second kappa shape index (κ2) is 7.29. The van der Waals surface area contributed by atoms with Crippen molar-refractivity contribution in [3.8, 4) is 5.75 Å². The van der Waals surface area contributed by atoms with Gasteiger partial charge in [0.2, 0.25) is 0 Å². The Morgan fingerprint density at radius 1 is 1.17 bits per heavy atom. The number of nitrogens with zero attached hydrogens (tertiary/aromatic N) is 1. The van der Waals surface area contributed by atoms with Gasteiger partial charge in [-0.3, -0.25) is 4.79 Å². The van der Waals surface area contributed by atoms with Crippen LogP contribution in [0.3, 0.4) is 0 Å². The zero-order valence-electron chi connectivity index (χ0n) is 13.3. The number of hydrogen-bond acceptors (Lipinski definition) is 3. The van der Waals surface area contributed by atoms with Crippen LogP contribution in [0.2, 0.25) is 0 Å². The molecule has 0 aliphatic carbocycles. The van der Waals surface area contributed by atoms with Crippen molar-refractivity contribution in [2.24, 2.45) is 0 Å². The highest BCUT2D eigenvalue weighted by molar-refractivity contribution is 5.78. The summed E-state index contributed by atoms with van der Waals surface area (Å²) in [5, 5.41) is 0. The van der Waals surface area contributed by atoms with Gasteiger partial charge in [-0.1, -0.05) is 48.5 Å². The Kier molecular flexibility index (Phi) is 4.93. The lowest BCUT2D eigenvalue weighted by atomic mass is 10.1. The Labute approximate surface area is 136 Å². The third kappa shape index (κ3) is 3.90. The van der Waals surface area contributed by atoms with E-state index in [1.165, 1.54) is 0 Å². The van der Waals surface area contributed by atoms with Crippen molar-refractivity contribution in [3.63, 3.8) is 0 Å². The van der Waals surface area contributed by atoms with Crippen molar-refractivity contribution in [2.45, 2.75) is 13.0 Å². The van der Waals surface area contributed by atoms with Gasteiger partial charge in [0.25, 0.3) is 5.91 Å². The fourth-order valence-electron chi connectivity index (χ4n) is 2.69. The number of morpholine rings is 1. The maximum Gasteiger partial charge on any atom is 0.260 e. The van der Waals surface area contributed by atoms with Crippen LogP contribution in [-0.2, 0) is 9.53 Å². The van der Waals surface area contributed by atoms with Gasteiger partial charge in [-0.25, -0.2) is 0 Å². The first kappa shape index (κ1) is 15.6. The van der Waals surface area contributed by atoms with E-state index in [1.807, 2.05) is 66.4 Å². The number of amides is 1. The standard InChI is InChI=1S/C19H21NO3/c1-15-7-5-6-10-17(15)23-14-19(21)20-11-12-22-18(13-20)16-8-3-2-4-9-16/h2-10,18H,11-14H2,1H3/t18-/m0/s1. The van der Waals surface area contributed by atoms with Gasteiger partial charge < -0.3 is 14.4 Å². The quantitative estimate of drug-likeness (QED) is 0.871. The van der Waals surface area contributed by atoms with Crippen LogP contribution in [0.15, 0.2) is 54.6 Å². The van der Waals surface area contributed by atoms with Crippen LogP contribution in [0.5, 0.6) is 5.75 Å². The summed E-state index contributed by atoms with van der Waals surface area (Å²) in [6.07, 6.45) is -0.0626. The maximum atomic E-state index is 12.4. The molecule has 1 aliphatic heterocycles. The van der Waals surface area contributed by atoms with E-state index >= 15 is 0 Å². The number of benzene rings is 2. The summed E-state index contributed by atoms with van der Waals surface area (Å²) < 4.78 is 11.5. The summed E-state index contributed by atoms with van der Waals surface area (Å²) in [4.78, 5) is 14.2. The molecular formula is C19H21NO3. The SMILES string of the molecule is Cc1ccccc1OCC(=O)N1CCO[C@H](c2ccccc2)C1. The third-order valence-corrected chi connectivity index (χ3v) is 4.04. The second-order valence-electron chi connectivity index (χ2n) is 5.66. The van der Waals surface area contributed by atoms with Gasteiger partial charge in [-0.2, -0.15) is 0 Å². The Hall–Kier alpha value is -2.33. The zero-order chi connectivity index (χ0) is 16.1. The molecule has 1 fully saturated rings. The molecule has 0 bridgehead atoms.